The van der Waals surface area contributed by atoms with Crippen molar-refractivity contribution < 1.29 is 10.2 Å². The molecule has 4 heteroatoms. The minimum absolute atomic E-state index is 0.0376. The van der Waals surface area contributed by atoms with Gasteiger partial charge in [-0.15, -0.1) is 0 Å². The Morgan fingerprint density at radius 2 is 1.12 bits per heavy atom. The van der Waals surface area contributed by atoms with Gasteiger partial charge in [0.05, 0.1) is 5.56 Å². The van der Waals surface area contributed by atoms with Crippen LogP contribution in [0.15, 0.2) is 84.9 Å². The molecule has 0 aliphatic carbocycles. The average molecular weight is 334 g/mol. The molecule has 0 bridgehead atoms. The molecule has 0 aromatic heterocycles. The third-order valence-corrected chi connectivity index (χ3v) is 4.23. The smallest absolute Gasteiger partial charge is 0.233 e. The Balaban J connectivity index is 2.27. The molecule has 4 nitrogen and oxygen atoms in total. The summed E-state index contributed by atoms with van der Waals surface area (Å²) in [4.78, 5) is 3.49. The molecule has 128 valence electrons. The minimum atomic E-state index is -1.58. The van der Waals surface area contributed by atoms with Crippen LogP contribution in [0.5, 0.6) is 5.75 Å². The third-order valence-electron chi connectivity index (χ3n) is 4.23. The van der Waals surface area contributed by atoms with Gasteiger partial charge in [-0.25, -0.2) is 0 Å². The molecule has 0 amide bonds. The van der Waals surface area contributed by atoms with Crippen molar-refractivity contribution in [1.82, 2.24) is 4.90 Å². The van der Waals surface area contributed by atoms with Crippen molar-refractivity contribution in [1.29, 1.82) is 0 Å². The number of hydrogen-bond acceptors (Lipinski definition) is 4. The predicted molar refractivity (Wildman–Crippen MR) is 101 cm³/mol. The molecule has 25 heavy (non-hydrogen) atoms. The second-order valence-electron chi connectivity index (χ2n) is 6.05. The van der Waals surface area contributed by atoms with Gasteiger partial charge >= 0.3 is 0 Å². The number of aromatic hydroxyl groups is 1. The third kappa shape index (κ3) is 3.09. The molecule has 0 aliphatic rings. The maximum Gasteiger partial charge on any atom is 0.233 e. The van der Waals surface area contributed by atoms with Crippen LogP contribution in [0, 0.1) is 0 Å². The molecular weight excluding hydrogens is 312 g/mol. The molecule has 0 heterocycles. The van der Waals surface area contributed by atoms with Gasteiger partial charge in [0.1, 0.15) is 5.75 Å². The summed E-state index contributed by atoms with van der Waals surface area (Å²) < 4.78 is 0. The van der Waals surface area contributed by atoms with Gasteiger partial charge in [-0.3, -0.25) is 9.80 Å². The number of anilines is 2. The van der Waals surface area contributed by atoms with Crippen LogP contribution in [0.4, 0.5) is 11.4 Å². The SMILES string of the molecule is CN(C)C(O)(c1ccccc1O)N(c1ccccc1)c1ccccc1. The van der Waals surface area contributed by atoms with Crippen molar-refractivity contribution in [3.63, 3.8) is 0 Å². The quantitative estimate of drug-likeness (QED) is 0.695. The molecule has 3 aromatic rings. The van der Waals surface area contributed by atoms with E-state index in [-0.39, 0.29) is 5.75 Å². The Labute approximate surface area is 148 Å². The van der Waals surface area contributed by atoms with E-state index in [0.29, 0.717) is 5.56 Å². The summed E-state index contributed by atoms with van der Waals surface area (Å²) in [6, 6.07) is 26.1. The van der Waals surface area contributed by atoms with Gasteiger partial charge in [0.25, 0.3) is 0 Å². The highest BCUT2D eigenvalue weighted by molar-refractivity contribution is 5.66. The molecule has 0 saturated heterocycles. The summed E-state index contributed by atoms with van der Waals surface area (Å²) in [5.74, 6) is -1.54. The van der Waals surface area contributed by atoms with Crippen molar-refractivity contribution in [3.05, 3.63) is 90.5 Å². The molecular formula is C21H22N2O2. The lowest BCUT2D eigenvalue weighted by Crippen LogP contribution is -2.54. The highest BCUT2D eigenvalue weighted by atomic mass is 16.3. The lowest BCUT2D eigenvalue weighted by Gasteiger charge is -2.45. The van der Waals surface area contributed by atoms with Gasteiger partial charge in [-0.1, -0.05) is 48.5 Å². The zero-order valence-electron chi connectivity index (χ0n) is 14.4. The van der Waals surface area contributed by atoms with E-state index in [1.165, 1.54) is 0 Å². The Bertz CT molecular complexity index is 782. The van der Waals surface area contributed by atoms with E-state index in [9.17, 15) is 10.2 Å². The van der Waals surface area contributed by atoms with Crippen LogP contribution in [-0.2, 0) is 5.85 Å². The second-order valence-corrected chi connectivity index (χ2v) is 6.05. The van der Waals surface area contributed by atoms with Crippen LogP contribution in [-0.4, -0.2) is 29.2 Å². The van der Waals surface area contributed by atoms with E-state index in [2.05, 4.69) is 0 Å². The molecule has 0 spiro atoms. The van der Waals surface area contributed by atoms with Gasteiger partial charge < -0.3 is 10.2 Å². The molecule has 3 rings (SSSR count). The number of rotatable bonds is 5. The predicted octanol–water partition coefficient (Wildman–Crippen LogP) is 3.89. The molecule has 1 unspecified atom stereocenters. The summed E-state index contributed by atoms with van der Waals surface area (Å²) in [5.41, 5.74) is 2.04. The highest BCUT2D eigenvalue weighted by Crippen LogP contribution is 2.41. The van der Waals surface area contributed by atoms with E-state index >= 15 is 0 Å². The first-order valence-corrected chi connectivity index (χ1v) is 8.13. The monoisotopic (exact) mass is 334 g/mol. The Hall–Kier alpha value is -2.82. The number of para-hydroxylation sites is 3. The topological polar surface area (TPSA) is 46.9 Å². The number of phenols is 1. The Morgan fingerprint density at radius 1 is 0.680 bits per heavy atom. The standard InChI is InChI=1S/C21H22N2O2/c1-22(2)21(25,19-15-9-10-16-20(19)24)23(17-11-5-3-6-12-17)18-13-7-4-8-14-18/h3-16,24-25H,1-2H3. The fourth-order valence-corrected chi connectivity index (χ4v) is 2.98. The number of aliphatic hydroxyl groups is 1. The van der Waals surface area contributed by atoms with E-state index in [1.54, 1.807) is 43.3 Å². The van der Waals surface area contributed by atoms with Crippen molar-refractivity contribution in [2.75, 3.05) is 19.0 Å². The molecule has 0 saturated carbocycles. The van der Waals surface area contributed by atoms with Crippen molar-refractivity contribution in [3.8, 4) is 5.75 Å². The lowest BCUT2D eigenvalue weighted by atomic mass is 10.0. The molecule has 2 N–H and O–H groups in total. The Kier molecular flexibility index (Phi) is 4.74. The largest absolute Gasteiger partial charge is 0.507 e. The second kappa shape index (κ2) is 6.97. The number of nitrogens with zero attached hydrogens (tertiary/aromatic N) is 2. The van der Waals surface area contributed by atoms with E-state index in [4.69, 9.17) is 0 Å². The molecule has 0 aliphatic heterocycles. The number of benzene rings is 3. The van der Waals surface area contributed by atoms with Gasteiger partial charge in [-0.05, 0) is 50.5 Å². The first-order chi connectivity index (χ1) is 12.0. The molecule has 1 atom stereocenters. The fraction of sp³-hybridized carbons (Fsp3) is 0.143. The van der Waals surface area contributed by atoms with Gasteiger partial charge in [0.2, 0.25) is 5.85 Å². The van der Waals surface area contributed by atoms with Gasteiger partial charge in [-0.2, -0.15) is 0 Å². The van der Waals surface area contributed by atoms with E-state index < -0.39 is 5.85 Å². The van der Waals surface area contributed by atoms with Crippen LogP contribution in [0.2, 0.25) is 0 Å². The first-order valence-electron chi connectivity index (χ1n) is 8.13. The van der Waals surface area contributed by atoms with E-state index in [1.807, 2.05) is 65.6 Å². The van der Waals surface area contributed by atoms with Crippen molar-refractivity contribution >= 4 is 11.4 Å². The Morgan fingerprint density at radius 3 is 1.56 bits per heavy atom. The summed E-state index contributed by atoms with van der Waals surface area (Å²) in [6.45, 7) is 0. The van der Waals surface area contributed by atoms with Crippen LogP contribution in [0.25, 0.3) is 0 Å². The fourth-order valence-electron chi connectivity index (χ4n) is 2.98. The summed E-state index contributed by atoms with van der Waals surface area (Å²) in [6.07, 6.45) is 0. The maximum absolute atomic E-state index is 11.8. The highest BCUT2D eigenvalue weighted by Gasteiger charge is 2.42. The minimum Gasteiger partial charge on any atom is -0.507 e. The normalized spacial score (nSPS) is 13.4. The van der Waals surface area contributed by atoms with Crippen molar-refractivity contribution in [2.24, 2.45) is 0 Å². The summed E-state index contributed by atoms with van der Waals surface area (Å²) in [5, 5.41) is 22.2. The van der Waals surface area contributed by atoms with Crippen LogP contribution >= 0.6 is 0 Å². The van der Waals surface area contributed by atoms with Crippen molar-refractivity contribution in [2.45, 2.75) is 5.85 Å². The van der Waals surface area contributed by atoms with E-state index in [0.717, 1.165) is 11.4 Å². The lowest BCUT2D eigenvalue weighted by molar-refractivity contribution is -0.0841. The summed E-state index contributed by atoms with van der Waals surface area (Å²) in [7, 11) is 3.57. The zero-order chi connectivity index (χ0) is 17.9. The van der Waals surface area contributed by atoms with Crippen LogP contribution in [0.1, 0.15) is 5.56 Å². The zero-order valence-corrected chi connectivity index (χ0v) is 14.4. The molecule has 0 radical (unpaired) electrons. The number of hydrogen-bond donors (Lipinski definition) is 2. The van der Waals surface area contributed by atoms with Gasteiger partial charge in [0.15, 0.2) is 0 Å². The van der Waals surface area contributed by atoms with Gasteiger partial charge in [0, 0.05) is 11.4 Å². The number of phenolic OH excluding ortho intramolecular Hbond substituents is 1. The van der Waals surface area contributed by atoms with Crippen LogP contribution in [0.3, 0.4) is 0 Å². The maximum atomic E-state index is 11.8. The first kappa shape index (κ1) is 17.0. The molecule has 0 fully saturated rings. The summed E-state index contributed by atoms with van der Waals surface area (Å²) >= 11 is 0. The molecule has 3 aromatic carbocycles. The van der Waals surface area contributed by atoms with Crippen LogP contribution < -0.4 is 4.90 Å². The average Bonchev–Trinajstić information content (AvgIpc) is 2.64.